The van der Waals surface area contributed by atoms with E-state index in [1.54, 1.807) is 11.8 Å². The van der Waals surface area contributed by atoms with E-state index in [0.717, 1.165) is 5.56 Å². The molecule has 1 fully saturated rings. The van der Waals surface area contributed by atoms with Crippen LogP contribution in [0.3, 0.4) is 0 Å². The Bertz CT molecular complexity index is 723. The summed E-state index contributed by atoms with van der Waals surface area (Å²) >= 11 is 0. The Hall–Kier alpha value is -2.77. The molecule has 166 valence electrons. The summed E-state index contributed by atoms with van der Waals surface area (Å²) in [5, 5.41) is 11.9. The Morgan fingerprint density at radius 3 is 2.30 bits per heavy atom. The Morgan fingerprint density at radius 2 is 1.77 bits per heavy atom. The van der Waals surface area contributed by atoms with Crippen molar-refractivity contribution >= 4 is 18.2 Å². The Balaban J connectivity index is 1.81. The smallest absolute Gasteiger partial charge is 0.410 e. The molecule has 1 saturated heterocycles. The molecule has 0 aromatic heterocycles. The lowest BCUT2D eigenvalue weighted by Gasteiger charge is -2.35. The van der Waals surface area contributed by atoms with Gasteiger partial charge in [0.1, 0.15) is 17.7 Å². The van der Waals surface area contributed by atoms with E-state index < -0.39 is 29.8 Å². The number of hydrogen-bond acceptors (Lipinski definition) is 5. The monoisotopic (exact) mass is 420 g/mol. The van der Waals surface area contributed by atoms with Crippen LogP contribution in [0, 0.1) is 5.92 Å². The van der Waals surface area contributed by atoms with Gasteiger partial charge in [-0.3, -0.25) is 0 Å². The summed E-state index contributed by atoms with van der Waals surface area (Å²) in [7, 11) is 0. The molecule has 8 nitrogen and oxygen atoms in total. The number of carboxylic acid groups (broad SMARTS) is 1. The first-order valence-corrected chi connectivity index (χ1v) is 10.3. The van der Waals surface area contributed by atoms with E-state index in [2.05, 4.69) is 5.32 Å². The third-order valence-corrected chi connectivity index (χ3v) is 5.02. The Morgan fingerprint density at radius 1 is 1.17 bits per heavy atom. The van der Waals surface area contributed by atoms with Crippen LogP contribution in [0.15, 0.2) is 30.3 Å². The molecule has 30 heavy (non-hydrogen) atoms. The summed E-state index contributed by atoms with van der Waals surface area (Å²) in [6, 6.07) is 8.03. The van der Waals surface area contributed by atoms with Crippen molar-refractivity contribution in [3.8, 4) is 0 Å². The molecule has 1 aromatic rings. The van der Waals surface area contributed by atoms with Crippen molar-refractivity contribution in [1.29, 1.82) is 0 Å². The van der Waals surface area contributed by atoms with Crippen LogP contribution >= 0.6 is 0 Å². The molecule has 1 unspecified atom stereocenters. The number of benzene rings is 1. The molecule has 2 rings (SSSR count). The number of aliphatic carboxylic acids is 1. The van der Waals surface area contributed by atoms with Crippen molar-refractivity contribution in [2.24, 2.45) is 5.92 Å². The maximum absolute atomic E-state index is 12.2. The van der Waals surface area contributed by atoms with E-state index in [-0.39, 0.29) is 18.4 Å². The van der Waals surface area contributed by atoms with Crippen LogP contribution in [0.5, 0.6) is 0 Å². The lowest BCUT2D eigenvalue weighted by atomic mass is 9.92. The zero-order valence-electron chi connectivity index (χ0n) is 18.1. The molecule has 0 aliphatic carbocycles. The molecule has 1 aromatic carbocycles. The second-order valence-corrected chi connectivity index (χ2v) is 8.64. The Kier molecular flexibility index (Phi) is 8.08. The number of ether oxygens (including phenoxy) is 2. The third-order valence-electron chi connectivity index (χ3n) is 5.02. The third kappa shape index (κ3) is 7.57. The molecule has 0 bridgehead atoms. The number of nitrogens with one attached hydrogen (secondary N) is 1. The Labute approximate surface area is 177 Å². The van der Waals surface area contributed by atoms with Crippen molar-refractivity contribution in [2.75, 3.05) is 13.1 Å². The van der Waals surface area contributed by atoms with Crippen molar-refractivity contribution in [2.45, 2.75) is 64.7 Å². The summed E-state index contributed by atoms with van der Waals surface area (Å²) < 4.78 is 10.8. The van der Waals surface area contributed by atoms with Crippen molar-refractivity contribution < 1.29 is 29.0 Å². The summed E-state index contributed by atoms with van der Waals surface area (Å²) in [4.78, 5) is 37.6. The van der Waals surface area contributed by atoms with Crippen molar-refractivity contribution in [3.63, 3.8) is 0 Å². The molecule has 2 amide bonds. The minimum absolute atomic E-state index is 0.0897. The van der Waals surface area contributed by atoms with E-state index >= 15 is 0 Å². The quantitative estimate of drug-likeness (QED) is 0.730. The molecule has 2 N–H and O–H groups in total. The number of carboxylic acids is 1. The lowest BCUT2D eigenvalue weighted by molar-refractivity contribution is -0.139. The van der Waals surface area contributed by atoms with Gasteiger partial charge in [-0.1, -0.05) is 30.3 Å². The van der Waals surface area contributed by atoms with Crippen LogP contribution < -0.4 is 5.32 Å². The van der Waals surface area contributed by atoms with Gasteiger partial charge in [0.15, 0.2) is 0 Å². The fourth-order valence-electron chi connectivity index (χ4n) is 3.37. The van der Waals surface area contributed by atoms with Crippen LogP contribution in [0.1, 0.15) is 46.1 Å². The molecular weight excluding hydrogens is 388 g/mol. The van der Waals surface area contributed by atoms with E-state index in [1.807, 2.05) is 51.1 Å². The number of amides is 2. The highest BCUT2D eigenvalue weighted by Crippen LogP contribution is 2.24. The molecular formula is C22H32N2O6. The number of alkyl carbamates (subject to hydrolysis) is 1. The van der Waals surface area contributed by atoms with Gasteiger partial charge in [0.25, 0.3) is 0 Å². The van der Waals surface area contributed by atoms with Crippen LogP contribution in [-0.4, -0.2) is 59.0 Å². The number of hydrogen-bond donors (Lipinski definition) is 2. The van der Waals surface area contributed by atoms with Crippen LogP contribution in [-0.2, 0) is 20.7 Å². The molecule has 2 atom stereocenters. The zero-order chi connectivity index (χ0) is 22.3. The van der Waals surface area contributed by atoms with Gasteiger partial charge >= 0.3 is 18.2 Å². The van der Waals surface area contributed by atoms with Gasteiger partial charge in [0.2, 0.25) is 0 Å². The lowest BCUT2D eigenvalue weighted by Crippen LogP contribution is -2.46. The van der Waals surface area contributed by atoms with Gasteiger partial charge < -0.3 is 24.8 Å². The summed E-state index contributed by atoms with van der Waals surface area (Å²) in [5.41, 5.74) is 0.274. The number of piperidine rings is 1. The fraction of sp³-hybridized carbons (Fsp3) is 0.591. The van der Waals surface area contributed by atoms with Crippen LogP contribution in [0.2, 0.25) is 0 Å². The maximum atomic E-state index is 12.2. The first-order chi connectivity index (χ1) is 14.0. The SMILES string of the molecule is CC(OC(=O)N[C@@H](Cc1ccccc1)C(=O)O)C1CCN(C(=O)OC(C)(C)C)CC1. The molecule has 1 aliphatic rings. The summed E-state index contributed by atoms with van der Waals surface area (Å²) in [5.74, 6) is -1.03. The maximum Gasteiger partial charge on any atom is 0.410 e. The highest BCUT2D eigenvalue weighted by atomic mass is 16.6. The number of carbonyl (C=O) groups excluding carboxylic acids is 2. The predicted molar refractivity (Wildman–Crippen MR) is 111 cm³/mol. The van der Waals surface area contributed by atoms with Gasteiger partial charge in [-0.05, 0) is 52.0 Å². The van der Waals surface area contributed by atoms with Gasteiger partial charge in [-0.25, -0.2) is 14.4 Å². The van der Waals surface area contributed by atoms with Gasteiger partial charge in [-0.2, -0.15) is 0 Å². The molecule has 0 radical (unpaired) electrons. The van der Waals surface area contributed by atoms with E-state index in [9.17, 15) is 19.5 Å². The normalized spacial score (nSPS) is 17.0. The number of likely N-dealkylation sites (tertiary alicyclic amines) is 1. The van der Waals surface area contributed by atoms with E-state index in [0.29, 0.717) is 25.9 Å². The largest absolute Gasteiger partial charge is 0.480 e. The first-order valence-electron chi connectivity index (χ1n) is 10.3. The van der Waals surface area contributed by atoms with Crippen LogP contribution in [0.25, 0.3) is 0 Å². The standard InChI is InChI=1S/C22H32N2O6/c1-15(17-10-12-24(13-11-17)21(28)30-22(2,3)4)29-20(27)23-18(19(25)26)14-16-8-6-5-7-9-16/h5-9,15,17-18H,10-14H2,1-4H3,(H,23,27)(H,25,26)/t15?,18-/m0/s1. The van der Waals surface area contributed by atoms with Gasteiger partial charge in [0, 0.05) is 19.5 Å². The highest BCUT2D eigenvalue weighted by Gasteiger charge is 2.31. The number of rotatable bonds is 6. The highest BCUT2D eigenvalue weighted by molar-refractivity contribution is 5.80. The second kappa shape index (κ2) is 10.3. The average molecular weight is 421 g/mol. The topological polar surface area (TPSA) is 105 Å². The van der Waals surface area contributed by atoms with E-state index in [1.165, 1.54) is 0 Å². The molecule has 8 heteroatoms. The first kappa shape index (κ1) is 23.5. The fourth-order valence-corrected chi connectivity index (χ4v) is 3.37. The van der Waals surface area contributed by atoms with Crippen LogP contribution in [0.4, 0.5) is 9.59 Å². The minimum Gasteiger partial charge on any atom is -0.480 e. The van der Waals surface area contributed by atoms with Crippen molar-refractivity contribution in [3.05, 3.63) is 35.9 Å². The van der Waals surface area contributed by atoms with Gasteiger partial charge in [0.05, 0.1) is 0 Å². The predicted octanol–water partition coefficient (Wildman–Crippen LogP) is 3.44. The zero-order valence-corrected chi connectivity index (χ0v) is 18.1. The average Bonchev–Trinajstić information content (AvgIpc) is 2.67. The van der Waals surface area contributed by atoms with Crippen molar-refractivity contribution in [1.82, 2.24) is 10.2 Å². The molecule has 1 aliphatic heterocycles. The molecule has 0 spiro atoms. The summed E-state index contributed by atoms with van der Waals surface area (Å²) in [6.45, 7) is 8.33. The second-order valence-electron chi connectivity index (χ2n) is 8.64. The van der Waals surface area contributed by atoms with Gasteiger partial charge in [-0.15, -0.1) is 0 Å². The van der Waals surface area contributed by atoms with E-state index in [4.69, 9.17) is 9.47 Å². The summed E-state index contributed by atoms with van der Waals surface area (Å²) in [6.07, 6.45) is 0.0588. The molecule has 1 heterocycles. The molecule has 0 saturated carbocycles. The minimum atomic E-state index is -1.12. The number of carbonyl (C=O) groups is 3. The number of nitrogens with zero attached hydrogens (tertiary/aromatic N) is 1.